The number of aliphatic carboxylic acids is 1. The Morgan fingerprint density at radius 1 is 0.986 bits per heavy atom. The Labute approximate surface area is 401 Å². The van der Waals surface area contributed by atoms with Crippen molar-refractivity contribution in [2.24, 2.45) is 0 Å². The van der Waals surface area contributed by atoms with Gasteiger partial charge in [0.2, 0.25) is 5.91 Å². The van der Waals surface area contributed by atoms with E-state index in [4.69, 9.17) is 21.7 Å². The normalized spacial score (nSPS) is 14.2. The lowest BCUT2D eigenvalue weighted by molar-refractivity contribution is -0.143. The van der Waals surface area contributed by atoms with Crippen LogP contribution in [0.3, 0.4) is 0 Å². The second-order valence-corrected chi connectivity index (χ2v) is 19.0. The third-order valence-electron chi connectivity index (χ3n) is 10.8. The second kappa shape index (κ2) is 20.4. The molecule has 12 nitrogen and oxygen atoms in total. The van der Waals surface area contributed by atoms with Crippen molar-refractivity contribution in [3.8, 4) is 23.0 Å². The van der Waals surface area contributed by atoms with E-state index in [2.05, 4.69) is 27.4 Å². The Bertz CT molecular complexity index is 2840. The predicted octanol–water partition coefficient (Wildman–Crippen LogP) is 9.46. The van der Waals surface area contributed by atoms with Gasteiger partial charge in [-0.25, -0.2) is 18.1 Å². The van der Waals surface area contributed by atoms with E-state index in [-0.39, 0.29) is 67.5 Å². The molecule has 0 bridgehead atoms. The number of thioether (sulfide) groups is 1. The third kappa shape index (κ3) is 12.5. The number of likely N-dealkylation sites (N-methyl/N-ethyl adjacent to an activating group) is 1. The van der Waals surface area contributed by atoms with Gasteiger partial charge in [0.1, 0.15) is 36.1 Å². The number of hydrogen-bond acceptors (Lipinski definition) is 9. The Morgan fingerprint density at radius 3 is 2.26 bits per heavy atom. The maximum atomic E-state index is 15.1. The lowest BCUT2D eigenvalue weighted by Crippen LogP contribution is -2.36. The molecule has 0 fully saturated rings. The van der Waals surface area contributed by atoms with Gasteiger partial charge in [-0.2, -0.15) is 45.3 Å². The van der Waals surface area contributed by atoms with Gasteiger partial charge in [0.05, 0.1) is 45.4 Å². The number of pyridine rings is 1. The lowest BCUT2D eigenvalue weighted by Gasteiger charge is -2.23. The highest BCUT2D eigenvalue weighted by Gasteiger charge is 2.50. The maximum absolute atomic E-state index is 15.1. The summed E-state index contributed by atoms with van der Waals surface area (Å²) in [5.74, 6) is -3.41. The van der Waals surface area contributed by atoms with Crippen molar-refractivity contribution in [3.63, 3.8) is 0 Å². The van der Waals surface area contributed by atoms with Crippen molar-refractivity contribution in [2.45, 2.75) is 81.7 Å². The summed E-state index contributed by atoms with van der Waals surface area (Å²) in [5.41, 5.74) is -4.33. The molecule has 69 heavy (non-hydrogen) atoms. The fourth-order valence-corrected chi connectivity index (χ4v) is 8.57. The molecular formula is C44H41ClF10N8O4S2. The molecule has 0 saturated carbocycles. The Balaban J connectivity index is 1.59. The van der Waals surface area contributed by atoms with Gasteiger partial charge in [-0.15, -0.1) is 11.8 Å². The molecule has 0 spiro atoms. The number of aromatic nitrogens is 5. The van der Waals surface area contributed by atoms with Crippen molar-refractivity contribution in [1.82, 2.24) is 34.8 Å². The standard InChI is InChI=1S/C44H41ClF10N8O4S2/c1-41(2,68-4)13-10-26-6-7-27(28-8-9-30(45)35-37(28)62(22-43(50,51)52)59-40(35)63(69-5)33(65)21-60(3)15-12-34(66)67)36(56-26)31(18-23-16-24(46)19-25(47)17-23)57-32(64)20-61-39-29(11-14-42(39,48)49)38(58-61)44(53,54)55/h6-9,16-17,19,31H,11-12,14-15,18,20-22H2,1-5H3,(H,57,64)(H,66,67). The van der Waals surface area contributed by atoms with E-state index < -0.39 is 114 Å². The number of carboxylic acid groups (broad SMARTS) is 1. The van der Waals surface area contributed by atoms with Crippen molar-refractivity contribution < 1.29 is 63.4 Å². The van der Waals surface area contributed by atoms with Crippen LogP contribution >= 0.6 is 35.3 Å². The number of carboxylic acids is 1. The minimum Gasteiger partial charge on any atom is -0.481 e. The quantitative estimate of drug-likeness (QED) is 0.0559. The monoisotopic (exact) mass is 1030 g/mol. The van der Waals surface area contributed by atoms with Crippen molar-refractivity contribution in [1.29, 1.82) is 0 Å². The average molecular weight is 1040 g/mol. The molecule has 370 valence electrons. The Kier molecular flexibility index (Phi) is 15.7. The van der Waals surface area contributed by atoms with E-state index in [9.17, 15) is 49.5 Å². The molecule has 5 aromatic rings. The van der Waals surface area contributed by atoms with Crippen molar-refractivity contribution in [2.75, 3.05) is 37.0 Å². The summed E-state index contributed by atoms with van der Waals surface area (Å²) in [6, 6.07) is 6.13. The highest BCUT2D eigenvalue weighted by molar-refractivity contribution is 8.00. The average Bonchev–Trinajstić information content (AvgIpc) is 3.90. The van der Waals surface area contributed by atoms with Crippen LogP contribution in [0.15, 0.2) is 42.5 Å². The van der Waals surface area contributed by atoms with Crippen molar-refractivity contribution in [3.05, 3.63) is 93.0 Å². The third-order valence-corrected chi connectivity index (χ3v) is 12.9. The van der Waals surface area contributed by atoms with E-state index in [1.165, 1.54) is 54.2 Å². The minimum atomic E-state index is -5.16. The van der Waals surface area contributed by atoms with Gasteiger partial charge in [0, 0.05) is 42.0 Å². The summed E-state index contributed by atoms with van der Waals surface area (Å²) < 4.78 is 146. The highest BCUT2D eigenvalue weighted by atomic mass is 35.5. The maximum Gasteiger partial charge on any atom is 0.435 e. The van der Waals surface area contributed by atoms with Crippen LogP contribution < -0.4 is 9.62 Å². The van der Waals surface area contributed by atoms with Crippen molar-refractivity contribution >= 4 is 69.8 Å². The van der Waals surface area contributed by atoms with Crippen LogP contribution in [-0.4, -0.2) is 95.9 Å². The molecule has 1 atom stereocenters. The van der Waals surface area contributed by atoms with Crippen LogP contribution in [0, 0.1) is 23.5 Å². The molecular weight excluding hydrogens is 994 g/mol. The van der Waals surface area contributed by atoms with Gasteiger partial charge in [-0.3, -0.25) is 28.6 Å². The topological polar surface area (TPSA) is 138 Å². The van der Waals surface area contributed by atoms with Gasteiger partial charge < -0.3 is 10.4 Å². The largest absolute Gasteiger partial charge is 0.481 e. The number of nitrogens with one attached hydrogen (secondary N) is 1. The van der Waals surface area contributed by atoms with Gasteiger partial charge >= 0.3 is 18.3 Å². The van der Waals surface area contributed by atoms with E-state index in [1.807, 2.05) is 0 Å². The number of nitrogens with zero attached hydrogens (tertiary/aromatic N) is 7. The molecule has 3 heterocycles. The zero-order valence-electron chi connectivity index (χ0n) is 37.1. The molecule has 2 aromatic carbocycles. The number of carbonyl (C=O) groups is 3. The fraction of sp³-hybridized carbons (Fsp3) is 0.409. The first-order chi connectivity index (χ1) is 32.1. The predicted molar refractivity (Wildman–Crippen MR) is 240 cm³/mol. The van der Waals surface area contributed by atoms with Crippen LogP contribution in [0.4, 0.5) is 49.7 Å². The number of anilines is 1. The minimum absolute atomic E-state index is 0.0146. The van der Waals surface area contributed by atoms with E-state index in [0.717, 1.165) is 28.4 Å². The van der Waals surface area contributed by atoms with E-state index >= 15 is 8.78 Å². The summed E-state index contributed by atoms with van der Waals surface area (Å²) in [7, 11) is 1.46. The molecule has 3 aromatic heterocycles. The molecule has 0 saturated heterocycles. The number of rotatable bonds is 16. The first-order valence-electron chi connectivity index (χ1n) is 20.5. The molecule has 1 aliphatic rings. The zero-order valence-corrected chi connectivity index (χ0v) is 39.4. The Hall–Kier alpha value is -5.51. The highest BCUT2D eigenvalue weighted by Crippen LogP contribution is 2.47. The van der Waals surface area contributed by atoms with E-state index in [0.29, 0.717) is 10.7 Å². The summed E-state index contributed by atoms with van der Waals surface area (Å²) in [6.45, 7) is 0.164. The van der Waals surface area contributed by atoms with Gasteiger partial charge in [0.15, 0.2) is 11.5 Å². The van der Waals surface area contributed by atoms with E-state index in [1.54, 1.807) is 20.1 Å². The van der Waals surface area contributed by atoms with Crippen LogP contribution in [0.5, 0.6) is 0 Å². The molecule has 0 radical (unpaired) electrons. The summed E-state index contributed by atoms with van der Waals surface area (Å²) >= 11 is 8.89. The molecule has 2 amide bonds. The smallest absolute Gasteiger partial charge is 0.435 e. The van der Waals surface area contributed by atoms with Crippen LogP contribution in [0.25, 0.3) is 22.0 Å². The summed E-state index contributed by atoms with van der Waals surface area (Å²) in [4.78, 5) is 45.1. The SMILES string of the molecule is CSN(C(=O)CN(C)CCC(=O)O)c1nn(CC(F)(F)F)c2c(-c3ccc(C#CC(C)(C)SC)nc3C(Cc3cc(F)cc(F)c3)NC(=O)Cn3nc(C(F)(F)F)c4c3C(F)(F)CC4)ccc(Cl)c12. The molecule has 1 unspecified atom stereocenters. The number of benzene rings is 2. The number of alkyl halides is 8. The zero-order chi connectivity index (χ0) is 51.0. The number of hydrogen-bond donors (Lipinski definition) is 2. The first kappa shape index (κ1) is 52.9. The van der Waals surface area contributed by atoms with Crippen LogP contribution in [-0.2, 0) is 52.4 Å². The van der Waals surface area contributed by atoms with Crippen LogP contribution in [0.2, 0.25) is 5.02 Å². The Morgan fingerprint density at radius 2 is 1.65 bits per heavy atom. The second-order valence-electron chi connectivity index (χ2n) is 16.4. The number of fused-ring (bicyclic) bond motifs is 2. The lowest BCUT2D eigenvalue weighted by atomic mass is 9.93. The van der Waals surface area contributed by atoms with Crippen LogP contribution in [0.1, 0.15) is 66.6 Å². The molecule has 0 aliphatic heterocycles. The first-order valence-corrected chi connectivity index (χ1v) is 23.3. The summed E-state index contributed by atoms with van der Waals surface area (Å²) in [6.07, 6.45) is -9.43. The number of halogens is 11. The fourth-order valence-electron chi connectivity index (χ4n) is 7.62. The number of carbonyl (C=O) groups excluding carboxylic acids is 2. The molecule has 25 heteroatoms. The summed E-state index contributed by atoms with van der Waals surface area (Å²) in [5, 5.41) is 18.9. The van der Waals surface area contributed by atoms with Gasteiger partial charge in [0.25, 0.3) is 11.8 Å². The molecule has 6 rings (SSSR count). The molecule has 2 N–H and O–H groups in total. The number of amides is 2. The van der Waals surface area contributed by atoms with Gasteiger partial charge in [-0.05, 0) is 93.8 Å². The molecule has 1 aliphatic carbocycles. The van der Waals surface area contributed by atoms with Gasteiger partial charge in [-0.1, -0.05) is 23.6 Å².